The van der Waals surface area contributed by atoms with Gasteiger partial charge in [-0.2, -0.15) is 0 Å². The van der Waals surface area contributed by atoms with Crippen LogP contribution in [0.2, 0.25) is 0 Å². The topological polar surface area (TPSA) is 64.3 Å². The molecule has 0 aliphatic heterocycles. The number of rotatable bonds is 6. The second kappa shape index (κ2) is 7.04. The minimum absolute atomic E-state index is 0.136. The van der Waals surface area contributed by atoms with Crippen molar-refractivity contribution < 1.29 is 9.53 Å². The summed E-state index contributed by atoms with van der Waals surface area (Å²) >= 11 is 0. The van der Waals surface area contributed by atoms with E-state index in [-0.39, 0.29) is 5.91 Å². The van der Waals surface area contributed by atoms with Gasteiger partial charge in [-0.05, 0) is 18.9 Å². The van der Waals surface area contributed by atoms with Crippen LogP contribution in [0.15, 0.2) is 24.3 Å². The zero-order valence-corrected chi connectivity index (χ0v) is 10.4. The first-order valence-corrected chi connectivity index (χ1v) is 5.71. The van der Waals surface area contributed by atoms with Gasteiger partial charge < -0.3 is 15.8 Å². The molecule has 0 saturated carbocycles. The fraction of sp³-hybridized carbons (Fsp3) is 0.462. The number of hydrogen-bond acceptors (Lipinski definition) is 3. The van der Waals surface area contributed by atoms with Crippen molar-refractivity contribution in [1.82, 2.24) is 5.32 Å². The number of ether oxygens (including phenoxy) is 1. The summed E-state index contributed by atoms with van der Waals surface area (Å²) in [5.74, 6) is -0.136. The number of hydrogen-bond donors (Lipinski definition) is 2. The summed E-state index contributed by atoms with van der Waals surface area (Å²) in [6.45, 7) is 3.04. The molecule has 1 aromatic carbocycles. The molecule has 17 heavy (non-hydrogen) atoms. The van der Waals surface area contributed by atoms with Crippen LogP contribution in [-0.4, -0.2) is 25.7 Å². The zero-order chi connectivity index (χ0) is 12.7. The van der Waals surface area contributed by atoms with Gasteiger partial charge in [0, 0.05) is 20.3 Å². The van der Waals surface area contributed by atoms with Crippen LogP contribution in [-0.2, 0) is 16.1 Å². The van der Waals surface area contributed by atoms with Crippen molar-refractivity contribution in [3.63, 3.8) is 0 Å². The largest absolute Gasteiger partial charge is 0.385 e. The highest BCUT2D eigenvalue weighted by atomic mass is 16.5. The maximum absolute atomic E-state index is 11.6. The number of nitrogens with two attached hydrogens (primary N) is 1. The molecule has 1 atom stereocenters. The second-order valence-electron chi connectivity index (χ2n) is 4.09. The molecule has 0 spiro atoms. The van der Waals surface area contributed by atoms with Crippen molar-refractivity contribution in [1.29, 1.82) is 0 Å². The Hall–Kier alpha value is -1.39. The Bertz CT molecular complexity index is 349. The van der Waals surface area contributed by atoms with Gasteiger partial charge in [-0.1, -0.05) is 29.8 Å². The van der Waals surface area contributed by atoms with Gasteiger partial charge in [0.25, 0.3) is 0 Å². The number of methoxy groups -OCH3 is 1. The zero-order valence-electron chi connectivity index (χ0n) is 10.4. The van der Waals surface area contributed by atoms with Crippen molar-refractivity contribution in [2.75, 3.05) is 13.7 Å². The highest BCUT2D eigenvalue weighted by Crippen LogP contribution is 2.02. The Labute approximate surface area is 102 Å². The predicted molar refractivity (Wildman–Crippen MR) is 67.5 cm³/mol. The quantitative estimate of drug-likeness (QED) is 0.773. The van der Waals surface area contributed by atoms with Gasteiger partial charge in [-0.15, -0.1) is 0 Å². The first kappa shape index (κ1) is 13.7. The Morgan fingerprint density at radius 1 is 1.41 bits per heavy atom. The number of benzene rings is 1. The first-order valence-electron chi connectivity index (χ1n) is 5.71. The molecule has 0 aliphatic carbocycles. The highest BCUT2D eigenvalue weighted by molar-refractivity contribution is 5.81. The summed E-state index contributed by atoms with van der Waals surface area (Å²) < 4.78 is 4.88. The van der Waals surface area contributed by atoms with Crippen molar-refractivity contribution in [3.05, 3.63) is 35.4 Å². The average Bonchev–Trinajstić information content (AvgIpc) is 2.34. The lowest BCUT2D eigenvalue weighted by Gasteiger charge is -2.11. The van der Waals surface area contributed by atoms with Crippen LogP contribution in [0.1, 0.15) is 17.5 Å². The maximum atomic E-state index is 11.6. The SMILES string of the molecule is COCCC(N)C(=O)NCc1ccc(C)cc1. The summed E-state index contributed by atoms with van der Waals surface area (Å²) in [6.07, 6.45) is 0.538. The molecule has 0 heterocycles. The van der Waals surface area contributed by atoms with Crippen LogP contribution in [0.5, 0.6) is 0 Å². The Morgan fingerprint density at radius 2 is 2.06 bits per heavy atom. The third kappa shape index (κ3) is 4.97. The van der Waals surface area contributed by atoms with Crippen LogP contribution in [0.4, 0.5) is 0 Å². The Morgan fingerprint density at radius 3 is 2.65 bits per heavy atom. The normalized spacial score (nSPS) is 12.2. The predicted octanol–water partition coefficient (Wildman–Crippen LogP) is 0.975. The van der Waals surface area contributed by atoms with Crippen LogP contribution in [0.3, 0.4) is 0 Å². The smallest absolute Gasteiger partial charge is 0.237 e. The van der Waals surface area contributed by atoms with Gasteiger partial charge in [-0.25, -0.2) is 0 Å². The summed E-state index contributed by atoms with van der Waals surface area (Å²) in [5.41, 5.74) is 7.98. The third-order valence-corrected chi connectivity index (χ3v) is 2.56. The van der Waals surface area contributed by atoms with E-state index >= 15 is 0 Å². The van der Waals surface area contributed by atoms with Crippen LogP contribution in [0, 0.1) is 6.92 Å². The lowest BCUT2D eigenvalue weighted by Crippen LogP contribution is -2.40. The molecule has 0 fully saturated rings. The fourth-order valence-electron chi connectivity index (χ4n) is 1.40. The molecule has 0 radical (unpaired) electrons. The molecule has 1 rings (SSSR count). The Kier molecular flexibility index (Phi) is 5.66. The molecule has 4 heteroatoms. The minimum atomic E-state index is -0.500. The van der Waals surface area contributed by atoms with E-state index in [0.29, 0.717) is 19.6 Å². The fourth-order valence-corrected chi connectivity index (χ4v) is 1.40. The number of carbonyl (C=O) groups excluding carboxylic acids is 1. The van der Waals surface area contributed by atoms with E-state index in [2.05, 4.69) is 5.32 Å². The van der Waals surface area contributed by atoms with E-state index in [1.807, 2.05) is 31.2 Å². The maximum Gasteiger partial charge on any atom is 0.237 e. The van der Waals surface area contributed by atoms with Crippen molar-refractivity contribution in [3.8, 4) is 0 Å². The van der Waals surface area contributed by atoms with Gasteiger partial charge in [0.1, 0.15) is 0 Å². The van der Waals surface area contributed by atoms with Crippen LogP contribution >= 0.6 is 0 Å². The monoisotopic (exact) mass is 236 g/mol. The molecule has 0 bridgehead atoms. The van der Waals surface area contributed by atoms with Crippen molar-refractivity contribution >= 4 is 5.91 Å². The van der Waals surface area contributed by atoms with Gasteiger partial charge in [0.05, 0.1) is 6.04 Å². The van der Waals surface area contributed by atoms with Crippen molar-refractivity contribution in [2.24, 2.45) is 5.73 Å². The van der Waals surface area contributed by atoms with E-state index in [1.54, 1.807) is 7.11 Å². The second-order valence-corrected chi connectivity index (χ2v) is 4.09. The van der Waals surface area contributed by atoms with Crippen molar-refractivity contribution in [2.45, 2.75) is 25.9 Å². The molecular weight excluding hydrogens is 216 g/mol. The standard InChI is InChI=1S/C13H20N2O2/c1-10-3-5-11(6-4-10)9-15-13(16)12(14)7-8-17-2/h3-6,12H,7-9,14H2,1-2H3,(H,15,16). The average molecular weight is 236 g/mol. The van der Waals surface area contributed by atoms with Gasteiger partial charge in [0.15, 0.2) is 0 Å². The van der Waals surface area contributed by atoms with Crippen LogP contribution < -0.4 is 11.1 Å². The van der Waals surface area contributed by atoms with Gasteiger partial charge in [0.2, 0.25) is 5.91 Å². The third-order valence-electron chi connectivity index (χ3n) is 2.56. The minimum Gasteiger partial charge on any atom is -0.385 e. The van der Waals surface area contributed by atoms with Gasteiger partial charge in [-0.3, -0.25) is 4.79 Å². The molecule has 1 unspecified atom stereocenters. The highest BCUT2D eigenvalue weighted by Gasteiger charge is 2.12. The van der Waals surface area contributed by atoms with E-state index in [9.17, 15) is 4.79 Å². The Balaban J connectivity index is 2.34. The molecule has 4 nitrogen and oxygen atoms in total. The van der Waals surface area contributed by atoms with E-state index < -0.39 is 6.04 Å². The molecule has 94 valence electrons. The molecule has 0 saturated heterocycles. The number of nitrogens with one attached hydrogen (secondary N) is 1. The molecule has 1 amide bonds. The van der Waals surface area contributed by atoms with E-state index in [0.717, 1.165) is 5.56 Å². The molecular formula is C13H20N2O2. The number of aryl methyl sites for hydroxylation is 1. The molecule has 1 aromatic rings. The number of amides is 1. The van der Waals surface area contributed by atoms with E-state index in [4.69, 9.17) is 10.5 Å². The van der Waals surface area contributed by atoms with E-state index in [1.165, 1.54) is 5.56 Å². The lowest BCUT2D eigenvalue weighted by molar-refractivity contribution is -0.122. The number of carbonyl (C=O) groups is 1. The molecule has 0 aliphatic rings. The summed E-state index contributed by atoms with van der Waals surface area (Å²) in [4.78, 5) is 11.6. The first-order chi connectivity index (χ1) is 8.13. The summed E-state index contributed by atoms with van der Waals surface area (Å²) in [7, 11) is 1.59. The molecule has 0 aromatic heterocycles. The summed E-state index contributed by atoms with van der Waals surface area (Å²) in [5, 5.41) is 2.81. The summed E-state index contributed by atoms with van der Waals surface area (Å²) in [6, 6.07) is 7.53. The molecule has 3 N–H and O–H groups in total. The van der Waals surface area contributed by atoms with Crippen LogP contribution in [0.25, 0.3) is 0 Å². The lowest BCUT2D eigenvalue weighted by atomic mass is 10.1. The van der Waals surface area contributed by atoms with Gasteiger partial charge >= 0.3 is 0 Å².